The monoisotopic (exact) mass is 376 g/mol. The van der Waals surface area contributed by atoms with Gasteiger partial charge in [0.05, 0.1) is 0 Å². The van der Waals surface area contributed by atoms with Crippen molar-refractivity contribution in [2.24, 2.45) is 17.8 Å². The van der Waals surface area contributed by atoms with Crippen LogP contribution >= 0.6 is 0 Å². The van der Waals surface area contributed by atoms with Crippen molar-refractivity contribution in [3.8, 4) is 11.8 Å². The fraction of sp³-hybridized carbons (Fsp3) is 0.643. The second-order valence-corrected chi connectivity index (χ2v) is 9.19. The van der Waals surface area contributed by atoms with Gasteiger partial charge in [-0.1, -0.05) is 88.8 Å². The van der Waals surface area contributed by atoms with Gasteiger partial charge in [0.1, 0.15) is 0 Å². The molecule has 0 heterocycles. The summed E-state index contributed by atoms with van der Waals surface area (Å²) >= 11 is 0. The van der Waals surface area contributed by atoms with E-state index in [2.05, 4.69) is 56.0 Å². The van der Waals surface area contributed by atoms with E-state index in [4.69, 9.17) is 0 Å². The van der Waals surface area contributed by atoms with Crippen LogP contribution in [0.5, 0.6) is 0 Å². The Morgan fingerprint density at radius 1 is 0.821 bits per heavy atom. The summed E-state index contributed by atoms with van der Waals surface area (Å²) in [6.45, 7) is 4.51. The lowest BCUT2D eigenvalue weighted by atomic mass is 9.70. The van der Waals surface area contributed by atoms with Crippen LogP contribution in [0.1, 0.15) is 102 Å². The fourth-order valence-electron chi connectivity index (χ4n) is 5.18. The van der Waals surface area contributed by atoms with Crippen molar-refractivity contribution in [3.05, 3.63) is 47.0 Å². The van der Waals surface area contributed by atoms with Crippen molar-refractivity contribution < 1.29 is 0 Å². The molecular weight excluding hydrogens is 336 g/mol. The first kappa shape index (κ1) is 21.2. The van der Waals surface area contributed by atoms with E-state index in [0.29, 0.717) is 0 Å². The Hall–Kier alpha value is -1.48. The molecule has 0 aliphatic heterocycles. The maximum Gasteiger partial charge on any atom is 0.0249 e. The molecule has 0 nitrogen and oxygen atoms in total. The molecule has 1 atom stereocenters. The number of hydrogen-bond acceptors (Lipinski definition) is 0. The highest BCUT2D eigenvalue weighted by Crippen LogP contribution is 2.40. The van der Waals surface area contributed by atoms with Crippen LogP contribution < -0.4 is 0 Å². The quantitative estimate of drug-likeness (QED) is 0.333. The van der Waals surface area contributed by atoms with Crippen LogP contribution in [0.2, 0.25) is 0 Å². The minimum Gasteiger partial charge on any atom is -0.0726 e. The van der Waals surface area contributed by atoms with Crippen LogP contribution in [-0.2, 0) is 6.42 Å². The number of benzene rings is 1. The van der Waals surface area contributed by atoms with Gasteiger partial charge in [-0.15, -0.1) is 0 Å². The Morgan fingerprint density at radius 3 is 2.25 bits per heavy atom. The van der Waals surface area contributed by atoms with E-state index in [1.807, 2.05) is 0 Å². The average molecular weight is 377 g/mol. The SMILES string of the molecule is CCCCCCC1CCC(C2CC=C(C#Cc3ccc(CC)cc3)CC2)CC1. The molecule has 0 N–H and O–H groups in total. The van der Waals surface area contributed by atoms with Gasteiger partial charge in [0.2, 0.25) is 0 Å². The lowest BCUT2D eigenvalue weighted by Crippen LogP contribution is -2.23. The third kappa shape index (κ3) is 6.55. The Morgan fingerprint density at radius 2 is 1.61 bits per heavy atom. The standard InChI is InChI=1S/C28H40/c1-3-5-6-7-8-24-15-19-27(20-16-24)28-21-17-26(18-22-28)14-13-25-11-9-23(4-2)10-12-25/h9-12,17,24,27-28H,3-8,15-16,18-22H2,1-2H3. The zero-order chi connectivity index (χ0) is 19.6. The van der Waals surface area contributed by atoms with Crippen LogP contribution in [-0.4, -0.2) is 0 Å². The van der Waals surface area contributed by atoms with Gasteiger partial charge in [-0.3, -0.25) is 0 Å². The van der Waals surface area contributed by atoms with Crippen molar-refractivity contribution in [1.82, 2.24) is 0 Å². The van der Waals surface area contributed by atoms with Crippen LogP contribution in [0, 0.1) is 29.6 Å². The highest BCUT2D eigenvalue weighted by molar-refractivity contribution is 5.42. The van der Waals surface area contributed by atoms with Crippen molar-refractivity contribution in [2.75, 3.05) is 0 Å². The van der Waals surface area contributed by atoms with Crippen molar-refractivity contribution in [3.63, 3.8) is 0 Å². The predicted molar refractivity (Wildman–Crippen MR) is 122 cm³/mol. The molecule has 0 radical (unpaired) electrons. The first-order chi connectivity index (χ1) is 13.8. The van der Waals surface area contributed by atoms with E-state index < -0.39 is 0 Å². The van der Waals surface area contributed by atoms with E-state index >= 15 is 0 Å². The molecule has 0 aromatic heterocycles. The lowest BCUT2D eigenvalue weighted by molar-refractivity contribution is 0.186. The Labute approximate surface area is 174 Å². The van der Waals surface area contributed by atoms with Gasteiger partial charge in [0.25, 0.3) is 0 Å². The summed E-state index contributed by atoms with van der Waals surface area (Å²) in [7, 11) is 0. The van der Waals surface area contributed by atoms with Crippen LogP contribution in [0.4, 0.5) is 0 Å². The fourth-order valence-corrected chi connectivity index (χ4v) is 5.18. The molecule has 28 heavy (non-hydrogen) atoms. The normalized spacial score (nSPS) is 24.9. The first-order valence-corrected chi connectivity index (χ1v) is 12.1. The maximum atomic E-state index is 3.45. The van der Waals surface area contributed by atoms with E-state index in [1.54, 1.807) is 0 Å². The van der Waals surface area contributed by atoms with Gasteiger partial charge in [0.15, 0.2) is 0 Å². The van der Waals surface area contributed by atoms with E-state index in [0.717, 1.165) is 29.7 Å². The zero-order valence-electron chi connectivity index (χ0n) is 18.3. The molecule has 3 rings (SSSR count). The van der Waals surface area contributed by atoms with Gasteiger partial charge in [-0.05, 0) is 79.5 Å². The van der Waals surface area contributed by atoms with Crippen LogP contribution in [0.25, 0.3) is 0 Å². The van der Waals surface area contributed by atoms with Gasteiger partial charge in [-0.2, -0.15) is 0 Å². The highest BCUT2D eigenvalue weighted by atomic mass is 14.3. The Kier molecular flexibility index (Phi) is 8.72. The van der Waals surface area contributed by atoms with Crippen LogP contribution in [0.3, 0.4) is 0 Å². The topological polar surface area (TPSA) is 0 Å². The molecule has 1 unspecified atom stereocenters. The van der Waals surface area contributed by atoms with Gasteiger partial charge >= 0.3 is 0 Å². The summed E-state index contributed by atoms with van der Waals surface area (Å²) in [5.41, 5.74) is 3.92. The van der Waals surface area contributed by atoms with Gasteiger partial charge in [-0.25, -0.2) is 0 Å². The molecule has 1 aromatic carbocycles. The summed E-state index contributed by atoms with van der Waals surface area (Å²) in [5.74, 6) is 9.77. The molecule has 0 saturated heterocycles. The molecule has 0 amide bonds. The molecule has 2 aliphatic rings. The van der Waals surface area contributed by atoms with Crippen LogP contribution in [0.15, 0.2) is 35.9 Å². The smallest absolute Gasteiger partial charge is 0.0249 e. The molecule has 1 fully saturated rings. The molecule has 152 valence electrons. The van der Waals surface area contributed by atoms with Gasteiger partial charge < -0.3 is 0 Å². The minimum atomic E-state index is 0.926. The van der Waals surface area contributed by atoms with Crippen molar-refractivity contribution in [2.45, 2.75) is 97.3 Å². The van der Waals surface area contributed by atoms with E-state index in [1.165, 1.54) is 88.2 Å². The largest absolute Gasteiger partial charge is 0.0726 e. The van der Waals surface area contributed by atoms with Crippen molar-refractivity contribution in [1.29, 1.82) is 0 Å². The molecule has 1 saturated carbocycles. The number of rotatable bonds is 7. The van der Waals surface area contributed by atoms with E-state index in [-0.39, 0.29) is 0 Å². The average Bonchev–Trinajstić information content (AvgIpc) is 2.76. The summed E-state index contributed by atoms with van der Waals surface area (Å²) < 4.78 is 0. The summed E-state index contributed by atoms with van der Waals surface area (Å²) in [5, 5.41) is 0. The summed E-state index contributed by atoms with van der Waals surface area (Å²) in [4.78, 5) is 0. The van der Waals surface area contributed by atoms with E-state index in [9.17, 15) is 0 Å². The Balaban J connectivity index is 1.41. The molecule has 0 bridgehead atoms. The third-order valence-electron chi connectivity index (χ3n) is 7.21. The number of allylic oxidation sites excluding steroid dienone is 2. The predicted octanol–water partition coefficient (Wildman–Crippen LogP) is 8.10. The molecular formula is C28H40. The first-order valence-electron chi connectivity index (χ1n) is 12.1. The second-order valence-electron chi connectivity index (χ2n) is 9.19. The molecule has 0 spiro atoms. The zero-order valence-corrected chi connectivity index (χ0v) is 18.3. The summed E-state index contributed by atoms with van der Waals surface area (Å²) in [6, 6.07) is 8.74. The highest BCUT2D eigenvalue weighted by Gasteiger charge is 2.28. The lowest BCUT2D eigenvalue weighted by Gasteiger charge is -2.35. The molecule has 0 heteroatoms. The Bertz CT molecular complexity index is 658. The minimum absolute atomic E-state index is 0.926. The third-order valence-corrected chi connectivity index (χ3v) is 7.21. The van der Waals surface area contributed by atoms with Crippen molar-refractivity contribution >= 4 is 0 Å². The molecule has 2 aliphatic carbocycles. The molecule has 1 aromatic rings. The number of aryl methyl sites for hydroxylation is 1. The summed E-state index contributed by atoms with van der Waals surface area (Å²) in [6.07, 6.45) is 20.6. The second kappa shape index (κ2) is 11.5. The van der Waals surface area contributed by atoms with Gasteiger partial charge in [0, 0.05) is 5.56 Å². The number of unbranched alkanes of at least 4 members (excludes halogenated alkanes) is 3. The maximum absolute atomic E-state index is 3.45. The number of hydrogen-bond donors (Lipinski definition) is 0.